The van der Waals surface area contributed by atoms with E-state index in [0.29, 0.717) is 6.61 Å². The van der Waals surface area contributed by atoms with Gasteiger partial charge in [0, 0.05) is 22.9 Å². The number of fused-ring (bicyclic) bond motifs is 1. The van der Waals surface area contributed by atoms with Crippen LogP contribution in [0.2, 0.25) is 0 Å². The van der Waals surface area contributed by atoms with Crippen LogP contribution in [0.15, 0.2) is 84.9 Å². The third-order valence-electron chi connectivity index (χ3n) is 5.61. The van der Waals surface area contributed by atoms with Crippen molar-refractivity contribution in [3.63, 3.8) is 0 Å². The maximum Gasteiger partial charge on any atom is 0.131 e. The number of rotatable bonds is 5. The van der Waals surface area contributed by atoms with E-state index in [1.807, 2.05) is 48.5 Å². The van der Waals surface area contributed by atoms with Crippen molar-refractivity contribution in [1.29, 1.82) is 0 Å². The first-order chi connectivity index (χ1) is 15.5. The second kappa shape index (κ2) is 8.12. The molecule has 160 valence electrons. The van der Waals surface area contributed by atoms with Gasteiger partial charge in [0.15, 0.2) is 0 Å². The van der Waals surface area contributed by atoms with E-state index >= 15 is 0 Å². The standard InChI is InChI=1S/C28H24FNO2/c1-28(2)17-25(27(32-28)21-7-12-22(29)13-8-21)19-10-15-24(16-11-19)31-18-23-14-9-20-5-3-4-6-26(20)30-23/h3-16H,17-18H2,1-2H3. The van der Waals surface area contributed by atoms with E-state index in [4.69, 9.17) is 9.47 Å². The Morgan fingerprint density at radius 1 is 0.875 bits per heavy atom. The molecule has 4 heteroatoms. The van der Waals surface area contributed by atoms with Crippen LogP contribution in [-0.2, 0) is 11.3 Å². The third kappa shape index (κ3) is 4.22. The first-order valence-corrected chi connectivity index (χ1v) is 10.7. The summed E-state index contributed by atoms with van der Waals surface area (Å²) in [6.07, 6.45) is 0.779. The Balaban J connectivity index is 1.35. The van der Waals surface area contributed by atoms with E-state index < -0.39 is 0 Å². The molecule has 5 rings (SSSR count). The summed E-state index contributed by atoms with van der Waals surface area (Å²) in [5.74, 6) is 1.34. The largest absolute Gasteiger partial charge is 0.487 e. The number of ether oxygens (including phenoxy) is 2. The molecule has 0 saturated heterocycles. The zero-order chi connectivity index (χ0) is 22.1. The number of aromatic nitrogens is 1. The van der Waals surface area contributed by atoms with Gasteiger partial charge in [-0.25, -0.2) is 9.37 Å². The summed E-state index contributed by atoms with van der Waals surface area (Å²) in [5.41, 5.74) is 4.62. The zero-order valence-corrected chi connectivity index (χ0v) is 18.1. The lowest BCUT2D eigenvalue weighted by Crippen LogP contribution is -2.17. The van der Waals surface area contributed by atoms with Crippen molar-refractivity contribution in [3.05, 3.63) is 108 Å². The molecule has 1 aromatic heterocycles. The molecular weight excluding hydrogens is 401 g/mol. The molecule has 0 saturated carbocycles. The number of benzene rings is 3. The molecule has 0 aliphatic carbocycles. The Bertz CT molecular complexity index is 1290. The number of pyridine rings is 1. The normalized spacial score (nSPS) is 15.1. The van der Waals surface area contributed by atoms with Gasteiger partial charge in [-0.1, -0.05) is 36.4 Å². The van der Waals surface area contributed by atoms with Gasteiger partial charge in [0.25, 0.3) is 0 Å². The minimum absolute atomic E-state index is 0.254. The van der Waals surface area contributed by atoms with Gasteiger partial charge in [0.1, 0.15) is 29.5 Å². The molecule has 1 aliphatic rings. The van der Waals surface area contributed by atoms with Crippen LogP contribution < -0.4 is 4.74 Å². The quantitative estimate of drug-likeness (QED) is 0.344. The maximum atomic E-state index is 13.4. The second-order valence-electron chi connectivity index (χ2n) is 8.66. The van der Waals surface area contributed by atoms with Gasteiger partial charge in [0.2, 0.25) is 0 Å². The Kier molecular flexibility index (Phi) is 5.14. The average molecular weight is 426 g/mol. The molecular formula is C28H24FNO2. The maximum absolute atomic E-state index is 13.4. The summed E-state index contributed by atoms with van der Waals surface area (Å²) >= 11 is 0. The molecule has 0 bridgehead atoms. The fourth-order valence-electron chi connectivity index (χ4n) is 4.05. The minimum atomic E-state index is -0.310. The highest BCUT2D eigenvalue weighted by atomic mass is 19.1. The summed E-state index contributed by atoms with van der Waals surface area (Å²) in [7, 11) is 0. The molecule has 4 aromatic rings. The number of hydrogen-bond acceptors (Lipinski definition) is 3. The van der Waals surface area contributed by atoms with Gasteiger partial charge in [-0.2, -0.15) is 0 Å². The first-order valence-electron chi connectivity index (χ1n) is 10.7. The van der Waals surface area contributed by atoms with E-state index in [1.165, 1.54) is 12.1 Å². The predicted octanol–water partition coefficient (Wildman–Crippen LogP) is 7.02. The summed E-state index contributed by atoms with van der Waals surface area (Å²) in [6.45, 7) is 4.54. The Morgan fingerprint density at radius 3 is 2.38 bits per heavy atom. The van der Waals surface area contributed by atoms with E-state index in [2.05, 4.69) is 31.0 Å². The van der Waals surface area contributed by atoms with Crippen molar-refractivity contribution >= 4 is 22.2 Å². The number of nitrogens with zero attached hydrogens (tertiary/aromatic N) is 1. The van der Waals surface area contributed by atoms with Gasteiger partial charge in [-0.3, -0.25) is 0 Å². The Hall–Kier alpha value is -3.66. The second-order valence-corrected chi connectivity index (χ2v) is 8.66. The van der Waals surface area contributed by atoms with E-state index in [9.17, 15) is 4.39 Å². The number of halogens is 1. The molecule has 0 unspecified atom stereocenters. The molecule has 0 atom stereocenters. The Labute approximate surface area is 187 Å². The highest BCUT2D eigenvalue weighted by Gasteiger charge is 2.33. The average Bonchev–Trinajstić information content (AvgIpc) is 3.14. The number of para-hydroxylation sites is 1. The van der Waals surface area contributed by atoms with Crippen LogP contribution in [0.25, 0.3) is 22.2 Å². The molecule has 0 fully saturated rings. The monoisotopic (exact) mass is 425 g/mol. The topological polar surface area (TPSA) is 31.4 Å². The van der Waals surface area contributed by atoms with Crippen molar-refractivity contribution in [3.8, 4) is 5.75 Å². The van der Waals surface area contributed by atoms with Crippen LogP contribution >= 0.6 is 0 Å². The van der Waals surface area contributed by atoms with Crippen molar-refractivity contribution in [2.75, 3.05) is 0 Å². The van der Waals surface area contributed by atoms with Crippen LogP contribution in [0.3, 0.4) is 0 Å². The highest BCUT2D eigenvalue weighted by Crippen LogP contribution is 2.44. The Morgan fingerprint density at radius 2 is 1.59 bits per heavy atom. The van der Waals surface area contributed by atoms with Crippen LogP contribution in [0, 0.1) is 5.82 Å². The van der Waals surface area contributed by atoms with Gasteiger partial charge in [-0.05, 0) is 67.9 Å². The lowest BCUT2D eigenvalue weighted by atomic mass is 9.94. The van der Waals surface area contributed by atoms with Crippen molar-refractivity contribution in [2.45, 2.75) is 32.5 Å². The van der Waals surface area contributed by atoms with Gasteiger partial charge in [-0.15, -0.1) is 0 Å². The fourth-order valence-corrected chi connectivity index (χ4v) is 4.05. The summed E-state index contributed by atoms with van der Waals surface area (Å²) in [6, 6.07) is 26.6. The first kappa shape index (κ1) is 20.3. The van der Waals surface area contributed by atoms with Crippen molar-refractivity contribution in [1.82, 2.24) is 4.98 Å². The van der Waals surface area contributed by atoms with Crippen LogP contribution in [0.1, 0.15) is 37.1 Å². The predicted molar refractivity (Wildman–Crippen MR) is 126 cm³/mol. The van der Waals surface area contributed by atoms with Gasteiger partial charge < -0.3 is 9.47 Å². The SMILES string of the molecule is CC1(C)CC(c2ccc(OCc3ccc4ccccc4n3)cc2)=C(c2ccc(F)cc2)O1. The van der Waals surface area contributed by atoms with Crippen LogP contribution in [0.5, 0.6) is 5.75 Å². The van der Waals surface area contributed by atoms with E-state index in [1.54, 1.807) is 12.1 Å². The lowest BCUT2D eigenvalue weighted by molar-refractivity contribution is 0.101. The molecule has 3 aromatic carbocycles. The van der Waals surface area contributed by atoms with Gasteiger partial charge in [0.05, 0.1) is 11.2 Å². The van der Waals surface area contributed by atoms with Crippen LogP contribution in [0.4, 0.5) is 4.39 Å². The lowest BCUT2D eigenvalue weighted by Gasteiger charge is -2.19. The fraction of sp³-hybridized carbons (Fsp3) is 0.179. The van der Waals surface area contributed by atoms with Gasteiger partial charge >= 0.3 is 0 Å². The highest BCUT2D eigenvalue weighted by molar-refractivity contribution is 5.90. The molecule has 32 heavy (non-hydrogen) atoms. The van der Waals surface area contributed by atoms with Crippen molar-refractivity contribution in [2.24, 2.45) is 0 Å². The van der Waals surface area contributed by atoms with Crippen LogP contribution in [-0.4, -0.2) is 10.6 Å². The molecule has 0 amide bonds. The number of hydrogen-bond donors (Lipinski definition) is 0. The van der Waals surface area contributed by atoms with E-state index in [-0.39, 0.29) is 11.4 Å². The molecule has 2 heterocycles. The smallest absolute Gasteiger partial charge is 0.131 e. The summed E-state index contributed by atoms with van der Waals surface area (Å²) < 4.78 is 25.6. The molecule has 0 N–H and O–H groups in total. The molecule has 0 radical (unpaired) electrons. The van der Waals surface area contributed by atoms with E-state index in [0.717, 1.165) is 51.2 Å². The molecule has 0 spiro atoms. The minimum Gasteiger partial charge on any atom is -0.487 e. The molecule has 1 aliphatic heterocycles. The molecule has 3 nitrogen and oxygen atoms in total. The summed E-state index contributed by atoms with van der Waals surface area (Å²) in [5, 5.41) is 1.12. The zero-order valence-electron chi connectivity index (χ0n) is 18.1. The third-order valence-corrected chi connectivity index (χ3v) is 5.61. The van der Waals surface area contributed by atoms with Crippen molar-refractivity contribution < 1.29 is 13.9 Å². The summed E-state index contributed by atoms with van der Waals surface area (Å²) in [4.78, 5) is 4.66.